The van der Waals surface area contributed by atoms with Crippen molar-refractivity contribution in [2.75, 3.05) is 6.61 Å². The Balaban J connectivity index is 1.56. The molecule has 0 radical (unpaired) electrons. The molecule has 0 aromatic heterocycles. The second kappa shape index (κ2) is 9.94. The number of esters is 1. The Hall–Kier alpha value is -3.55. The number of ether oxygens (including phenoxy) is 1. The van der Waals surface area contributed by atoms with Gasteiger partial charge in [0.15, 0.2) is 12.4 Å². The van der Waals surface area contributed by atoms with Crippen LogP contribution in [0.5, 0.6) is 0 Å². The molecule has 6 nitrogen and oxygen atoms in total. The highest BCUT2D eigenvalue weighted by Gasteiger charge is 2.39. The van der Waals surface area contributed by atoms with Gasteiger partial charge < -0.3 is 4.74 Å². The first kappa shape index (κ1) is 22.6. The monoisotopic (exact) mass is 461 g/mol. The molecule has 1 atom stereocenters. The molecule has 33 heavy (non-hydrogen) atoms. The van der Waals surface area contributed by atoms with Crippen LogP contribution in [-0.2, 0) is 32.5 Å². The summed E-state index contributed by atoms with van der Waals surface area (Å²) in [5.74, 6) is -1.09. The van der Waals surface area contributed by atoms with Crippen molar-refractivity contribution >= 4 is 27.9 Å². The maximum atomic E-state index is 13.2. The van der Waals surface area contributed by atoms with Gasteiger partial charge in [0.05, 0.1) is 0 Å². The normalized spacial score (nSPS) is 16.3. The van der Waals surface area contributed by atoms with Gasteiger partial charge in [-0.15, -0.1) is 0 Å². The minimum absolute atomic E-state index is 0.0457. The molecule has 0 N–H and O–H groups in total. The molecule has 7 heteroatoms. The van der Waals surface area contributed by atoms with E-state index >= 15 is 0 Å². The van der Waals surface area contributed by atoms with Crippen molar-refractivity contribution in [2.24, 2.45) is 0 Å². The van der Waals surface area contributed by atoms with Crippen molar-refractivity contribution in [3.63, 3.8) is 0 Å². The van der Waals surface area contributed by atoms with Crippen molar-refractivity contribution in [1.29, 1.82) is 0 Å². The van der Waals surface area contributed by atoms with Crippen LogP contribution in [0.15, 0.2) is 90.3 Å². The van der Waals surface area contributed by atoms with E-state index in [1.54, 1.807) is 42.5 Å². The predicted octanol–water partition coefficient (Wildman–Crippen LogP) is 3.84. The molecule has 1 heterocycles. The van der Waals surface area contributed by atoms with Crippen LogP contribution in [0.25, 0.3) is 6.08 Å². The highest BCUT2D eigenvalue weighted by Crippen LogP contribution is 2.27. The molecule has 0 bridgehead atoms. The van der Waals surface area contributed by atoms with Gasteiger partial charge in [-0.25, -0.2) is 8.42 Å². The molecule has 0 saturated heterocycles. The van der Waals surface area contributed by atoms with Crippen LogP contribution in [-0.4, -0.2) is 37.1 Å². The number of fused-ring (bicyclic) bond motifs is 1. The smallest absolute Gasteiger partial charge is 0.325 e. The number of ketones is 1. The maximum absolute atomic E-state index is 13.2. The van der Waals surface area contributed by atoms with E-state index in [2.05, 4.69) is 0 Å². The zero-order valence-corrected chi connectivity index (χ0v) is 18.6. The van der Waals surface area contributed by atoms with E-state index in [0.717, 1.165) is 26.4 Å². The average molecular weight is 462 g/mol. The summed E-state index contributed by atoms with van der Waals surface area (Å²) in [5, 5.41) is 1.10. The first-order valence-electron chi connectivity index (χ1n) is 10.5. The molecule has 168 valence electrons. The number of Topliss-reactive ketones (excluding diaryl/α,β-unsaturated/α-hetero) is 1. The molecule has 1 aliphatic rings. The Bertz CT molecular complexity index is 1270. The summed E-state index contributed by atoms with van der Waals surface area (Å²) in [6.45, 7) is -0.404. The quantitative estimate of drug-likeness (QED) is 0.395. The number of rotatable bonds is 7. The predicted molar refractivity (Wildman–Crippen MR) is 126 cm³/mol. The Morgan fingerprint density at radius 2 is 1.48 bits per heavy atom. The van der Waals surface area contributed by atoms with Crippen molar-refractivity contribution in [3.8, 4) is 0 Å². The van der Waals surface area contributed by atoms with E-state index in [-0.39, 0.29) is 18.7 Å². The third-order valence-electron chi connectivity index (χ3n) is 5.48. The summed E-state index contributed by atoms with van der Waals surface area (Å²) >= 11 is 0. The SMILES string of the molecule is O=C(COC(=O)[C@@H]1Cc2ccccc2CN1S(=O)(=O)/C=C/c1ccccc1)c1ccccc1. The summed E-state index contributed by atoms with van der Waals surface area (Å²) in [6, 6.07) is 23.9. The van der Waals surface area contributed by atoms with Crippen LogP contribution in [0, 0.1) is 0 Å². The van der Waals surface area contributed by atoms with E-state index in [9.17, 15) is 18.0 Å². The van der Waals surface area contributed by atoms with E-state index in [1.807, 2.05) is 42.5 Å². The first-order chi connectivity index (χ1) is 15.9. The van der Waals surface area contributed by atoms with Crippen LogP contribution in [0.2, 0.25) is 0 Å². The summed E-state index contributed by atoms with van der Waals surface area (Å²) in [6.07, 6.45) is 1.67. The van der Waals surface area contributed by atoms with Crippen LogP contribution in [0.4, 0.5) is 0 Å². The fraction of sp³-hybridized carbons (Fsp3) is 0.154. The van der Waals surface area contributed by atoms with Gasteiger partial charge in [0.1, 0.15) is 6.04 Å². The van der Waals surface area contributed by atoms with Crippen LogP contribution in [0.1, 0.15) is 27.0 Å². The molecule has 3 aromatic carbocycles. The third kappa shape index (κ3) is 5.45. The lowest BCUT2D eigenvalue weighted by Crippen LogP contribution is -2.48. The number of hydrogen-bond donors (Lipinski definition) is 0. The van der Waals surface area contributed by atoms with Gasteiger partial charge in [-0.3, -0.25) is 9.59 Å². The molecule has 3 aromatic rings. The zero-order valence-electron chi connectivity index (χ0n) is 17.8. The molecule has 0 aliphatic carbocycles. The molecule has 0 spiro atoms. The molecule has 4 rings (SSSR count). The van der Waals surface area contributed by atoms with Gasteiger partial charge in [0.2, 0.25) is 10.0 Å². The minimum atomic E-state index is -3.94. The van der Waals surface area contributed by atoms with E-state index in [0.29, 0.717) is 5.56 Å². The fourth-order valence-corrected chi connectivity index (χ4v) is 5.03. The lowest BCUT2D eigenvalue weighted by molar-refractivity contribution is -0.147. The van der Waals surface area contributed by atoms with E-state index in [4.69, 9.17) is 4.74 Å². The van der Waals surface area contributed by atoms with Crippen molar-refractivity contribution in [1.82, 2.24) is 4.31 Å². The molecule has 0 saturated carbocycles. The first-order valence-corrected chi connectivity index (χ1v) is 12.0. The van der Waals surface area contributed by atoms with Gasteiger partial charge >= 0.3 is 5.97 Å². The average Bonchev–Trinajstić information content (AvgIpc) is 2.86. The highest BCUT2D eigenvalue weighted by atomic mass is 32.2. The minimum Gasteiger partial charge on any atom is -0.456 e. The fourth-order valence-electron chi connectivity index (χ4n) is 3.71. The van der Waals surface area contributed by atoms with Gasteiger partial charge in [-0.2, -0.15) is 4.31 Å². The second-order valence-corrected chi connectivity index (χ2v) is 9.46. The summed E-state index contributed by atoms with van der Waals surface area (Å²) in [7, 11) is -3.94. The molecular formula is C26H23NO5S. The van der Waals surface area contributed by atoms with Crippen LogP contribution < -0.4 is 0 Å². The molecular weight excluding hydrogens is 438 g/mol. The zero-order chi connectivity index (χ0) is 23.3. The molecule has 0 amide bonds. The van der Waals surface area contributed by atoms with Gasteiger partial charge in [0, 0.05) is 23.9 Å². The Labute approximate surface area is 193 Å². The van der Waals surface area contributed by atoms with E-state index in [1.165, 1.54) is 6.08 Å². The number of carbonyl (C=O) groups is 2. The molecule has 0 fully saturated rings. The number of carbonyl (C=O) groups excluding carboxylic acids is 2. The lowest BCUT2D eigenvalue weighted by Gasteiger charge is -2.33. The van der Waals surface area contributed by atoms with Gasteiger partial charge in [-0.1, -0.05) is 84.9 Å². The maximum Gasteiger partial charge on any atom is 0.325 e. The number of hydrogen-bond acceptors (Lipinski definition) is 5. The largest absolute Gasteiger partial charge is 0.456 e. The summed E-state index contributed by atoms with van der Waals surface area (Å²) in [5.41, 5.74) is 2.87. The van der Waals surface area contributed by atoms with Crippen LogP contribution in [0.3, 0.4) is 0 Å². The van der Waals surface area contributed by atoms with Crippen molar-refractivity contribution in [3.05, 3.63) is 113 Å². The van der Waals surface area contributed by atoms with Crippen molar-refractivity contribution in [2.45, 2.75) is 19.0 Å². The Kier molecular flexibility index (Phi) is 6.82. The highest BCUT2D eigenvalue weighted by molar-refractivity contribution is 7.92. The number of sulfonamides is 1. The summed E-state index contributed by atoms with van der Waals surface area (Å²) in [4.78, 5) is 25.3. The summed E-state index contributed by atoms with van der Waals surface area (Å²) < 4.78 is 32.8. The molecule has 0 unspecified atom stereocenters. The van der Waals surface area contributed by atoms with Crippen LogP contribution >= 0.6 is 0 Å². The number of nitrogens with zero attached hydrogens (tertiary/aromatic N) is 1. The van der Waals surface area contributed by atoms with E-state index < -0.39 is 28.6 Å². The Morgan fingerprint density at radius 1 is 0.879 bits per heavy atom. The second-order valence-electron chi connectivity index (χ2n) is 7.69. The lowest BCUT2D eigenvalue weighted by atomic mass is 9.96. The standard InChI is InChI=1S/C26H23NO5S/c28-25(21-11-5-2-6-12-21)19-32-26(29)24-17-22-13-7-8-14-23(22)18-27(24)33(30,31)16-15-20-9-3-1-4-10-20/h1-16,24H,17-19H2/b16-15+/t24-/m0/s1. The van der Waals surface area contributed by atoms with Gasteiger partial charge in [0.25, 0.3) is 0 Å². The molecule has 1 aliphatic heterocycles. The topological polar surface area (TPSA) is 80.8 Å². The third-order valence-corrected chi connectivity index (χ3v) is 7.00. The Morgan fingerprint density at radius 3 is 2.18 bits per heavy atom. The van der Waals surface area contributed by atoms with Gasteiger partial charge in [-0.05, 0) is 22.8 Å². The number of benzene rings is 3. The van der Waals surface area contributed by atoms with Crippen molar-refractivity contribution < 1.29 is 22.7 Å².